The van der Waals surface area contributed by atoms with Crippen molar-refractivity contribution in [3.05, 3.63) is 62.8 Å². The van der Waals surface area contributed by atoms with Gasteiger partial charge in [-0.3, -0.25) is 4.79 Å². The van der Waals surface area contributed by atoms with Gasteiger partial charge in [-0.1, -0.05) is 23.2 Å². The van der Waals surface area contributed by atoms with Crippen LogP contribution in [-0.4, -0.2) is 14.5 Å². The number of aryl methyl sites for hydroxylation is 2. The van der Waals surface area contributed by atoms with E-state index in [1.165, 1.54) is 0 Å². The third-order valence-electron chi connectivity index (χ3n) is 6.39. The van der Waals surface area contributed by atoms with E-state index in [-0.39, 0.29) is 15.8 Å². The number of fused-ring (bicyclic) bond motifs is 1. The fourth-order valence-electron chi connectivity index (χ4n) is 4.49. The zero-order valence-electron chi connectivity index (χ0n) is 17.9. The van der Waals surface area contributed by atoms with Gasteiger partial charge in [-0.25, -0.2) is 0 Å². The zero-order chi connectivity index (χ0) is 23.0. The Morgan fingerprint density at radius 1 is 1.22 bits per heavy atom. The van der Waals surface area contributed by atoms with Gasteiger partial charge in [0.2, 0.25) is 0 Å². The molecule has 0 radical (unpaired) electrons. The fourth-order valence-corrected chi connectivity index (χ4v) is 5.67. The first-order valence-electron chi connectivity index (χ1n) is 10.6. The number of rotatable bonds is 5. The maximum Gasteiger partial charge on any atom is 0.195 e. The van der Waals surface area contributed by atoms with Gasteiger partial charge >= 0.3 is 0 Å². The first-order valence-corrected chi connectivity index (χ1v) is 12.4. The van der Waals surface area contributed by atoms with Crippen molar-refractivity contribution >= 4 is 60.5 Å². The molecule has 1 heterocycles. The number of nitrogens with zero attached hydrogens (tertiary/aromatic N) is 2. The molecule has 166 valence electrons. The molecule has 0 atom stereocenters. The number of carbonyl (C=O) groups excluding carboxylic acids is 1. The Bertz CT molecular complexity index is 1240. The lowest BCUT2D eigenvalue weighted by Crippen LogP contribution is -2.26. The summed E-state index contributed by atoms with van der Waals surface area (Å²) in [5.41, 5.74) is 4.60. The van der Waals surface area contributed by atoms with E-state index >= 15 is 0 Å². The summed E-state index contributed by atoms with van der Waals surface area (Å²) in [6.45, 7) is 2.02. The Kier molecular flexibility index (Phi) is 7.04. The Morgan fingerprint density at radius 3 is 2.59 bits per heavy atom. The van der Waals surface area contributed by atoms with E-state index in [0.717, 1.165) is 53.4 Å². The van der Waals surface area contributed by atoms with Crippen LogP contribution < -0.4 is 4.74 Å². The lowest BCUT2D eigenvalue weighted by molar-refractivity contribution is -0.114. The van der Waals surface area contributed by atoms with Crippen molar-refractivity contribution in [1.29, 1.82) is 5.26 Å². The highest BCUT2D eigenvalue weighted by atomic mass is 127. The summed E-state index contributed by atoms with van der Waals surface area (Å²) in [6, 6.07) is 11.8. The lowest BCUT2D eigenvalue weighted by Gasteiger charge is -2.28. The highest BCUT2D eigenvalue weighted by Gasteiger charge is 2.27. The number of carbonyl (C=O) groups is 1. The van der Waals surface area contributed by atoms with Crippen LogP contribution in [0.15, 0.2) is 30.3 Å². The molecule has 0 bridgehead atoms. The van der Waals surface area contributed by atoms with Crippen LogP contribution in [0.5, 0.6) is 5.75 Å². The number of halogens is 3. The summed E-state index contributed by atoms with van der Waals surface area (Å²) in [6.07, 6.45) is 4.00. The Morgan fingerprint density at radius 2 is 1.94 bits per heavy atom. The van der Waals surface area contributed by atoms with Crippen LogP contribution in [0.1, 0.15) is 48.1 Å². The molecule has 7 heteroatoms. The maximum atomic E-state index is 11.6. The minimum absolute atomic E-state index is 0.0539. The number of benzene rings is 2. The molecule has 3 aromatic rings. The summed E-state index contributed by atoms with van der Waals surface area (Å²) in [5.74, 6) is 0.778. The smallest absolute Gasteiger partial charge is 0.195 e. The van der Waals surface area contributed by atoms with Gasteiger partial charge in [0, 0.05) is 41.0 Å². The minimum Gasteiger partial charge on any atom is -0.489 e. The third kappa shape index (κ3) is 4.64. The number of hydrogen-bond acceptors (Lipinski definition) is 3. The Balaban J connectivity index is 1.60. The summed E-state index contributed by atoms with van der Waals surface area (Å²) in [5, 5.41) is 11.6. The summed E-state index contributed by atoms with van der Waals surface area (Å²) in [4.78, 5) is 11.6. The molecule has 0 unspecified atom stereocenters. The monoisotopic (exact) mass is 580 g/mol. The van der Waals surface area contributed by atoms with Crippen LogP contribution in [0.4, 0.5) is 0 Å². The van der Waals surface area contributed by atoms with Crippen LogP contribution in [0.25, 0.3) is 10.9 Å². The number of nitriles is 1. The molecule has 0 spiro atoms. The number of hydrogen-bond donors (Lipinski definition) is 0. The predicted molar refractivity (Wildman–Crippen MR) is 137 cm³/mol. The SMILES string of the molecule is Cc1cc(C#N)cc2c1cc(Cc1c(Cl)ccc(OC3CCC(C(=O)I)CC3)c1Cl)n2C. The number of aromatic nitrogens is 1. The maximum absolute atomic E-state index is 11.6. The molecule has 0 saturated heterocycles. The van der Waals surface area contributed by atoms with Gasteiger partial charge in [0.05, 0.1) is 22.8 Å². The normalized spacial score (nSPS) is 18.5. The van der Waals surface area contributed by atoms with Crippen LogP contribution in [0.2, 0.25) is 10.0 Å². The van der Waals surface area contributed by atoms with E-state index in [1.54, 1.807) is 0 Å². The predicted octanol–water partition coefficient (Wildman–Crippen LogP) is 7.16. The van der Waals surface area contributed by atoms with Crippen molar-refractivity contribution in [3.8, 4) is 11.8 Å². The average molecular weight is 581 g/mol. The largest absolute Gasteiger partial charge is 0.489 e. The van der Waals surface area contributed by atoms with Gasteiger partial charge in [0.25, 0.3) is 0 Å². The third-order valence-corrected chi connectivity index (χ3v) is 8.04. The molecule has 32 heavy (non-hydrogen) atoms. The second-order valence-corrected chi connectivity index (χ2v) is 10.3. The second-order valence-electron chi connectivity index (χ2n) is 8.44. The molecule has 0 amide bonds. The van der Waals surface area contributed by atoms with Crippen molar-refractivity contribution in [2.45, 2.75) is 45.1 Å². The summed E-state index contributed by atoms with van der Waals surface area (Å²) in [7, 11) is 1.99. The van der Waals surface area contributed by atoms with E-state index in [4.69, 9.17) is 27.9 Å². The van der Waals surface area contributed by atoms with E-state index in [2.05, 4.69) is 16.7 Å². The molecule has 4 nitrogen and oxygen atoms in total. The topological polar surface area (TPSA) is 55.0 Å². The Hall–Kier alpha value is -1.75. The van der Waals surface area contributed by atoms with Crippen LogP contribution in [0.3, 0.4) is 0 Å². The molecular weight excluding hydrogens is 558 g/mol. The molecule has 1 aliphatic rings. The molecular formula is C25H23Cl2IN2O2. The lowest BCUT2D eigenvalue weighted by atomic mass is 9.88. The summed E-state index contributed by atoms with van der Waals surface area (Å²) < 4.78 is 8.56. The van der Waals surface area contributed by atoms with E-state index < -0.39 is 0 Å². The van der Waals surface area contributed by atoms with Gasteiger partial charge in [-0.05, 0) is 96.7 Å². The quantitative estimate of drug-likeness (QED) is 0.238. The van der Waals surface area contributed by atoms with Gasteiger partial charge < -0.3 is 9.30 Å². The van der Waals surface area contributed by atoms with Crippen molar-refractivity contribution in [1.82, 2.24) is 4.57 Å². The molecule has 4 rings (SSSR count). The average Bonchev–Trinajstić information content (AvgIpc) is 3.09. The van der Waals surface area contributed by atoms with E-state index in [0.29, 0.717) is 27.8 Å². The molecule has 0 N–H and O–H groups in total. The van der Waals surface area contributed by atoms with E-state index in [1.807, 2.05) is 60.8 Å². The number of ether oxygens (including phenoxy) is 1. The van der Waals surface area contributed by atoms with Gasteiger partial charge in [-0.15, -0.1) is 0 Å². The first kappa shape index (κ1) is 23.4. The van der Waals surface area contributed by atoms with Crippen molar-refractivity contribution in [2.75, 3.05) is 0 Å². The standard InChI is InChI=1S/C25H23Cl2IN2O2/c1-14-9-15(13-29)10-22-19(14)11-17(30(22)2)12-20-21(26)7-8-23(24(20)27)32-18-5-3-16(4-6-18)25(28)31/h7-11,16,18H,3-6,12H2,1-2H3. The highest BCUT2D eigenvalue weighted by Crippen LogP contribution is 2.38. The molecule has 1 aliphatic carbocycles. The molecule has 0 aliphatic heterocycles. The molecule has 1 fully saturated rings. The molecule has 1 aromatic heterocycles. The molecule has 2 aromatic carbocycles. The molecule has 1 saturated carbocycles. The van der Waals surface area contributed by atoms with Crippen molar-refractivity contribution in [3.63, 3.8) is 0 Å². The van der Waals surface area contributed by atoms with Crippen LogP contribution >= 0.6 is 45.8 Å². The summed E-state index contributed by atoms with van der Waals surface area (Å²) >= 11 is 15.2. The van der Waals surface area contributed by atoms with Gasteiger partial charge in [0.1, 0.15) is 5.75 Å². The minimum atomic E-state index is 0.0539. The van der Waals surface area contributed by atoms with Crippen LogP contribution in [0, 0.1) is 24.2 Å². The van der Waals surface area contributed by atoms with E-state index in [9.17, 15) is 10.1 Å². The Labute approximate surface area is 211 Å². The highest BCUT2D eigenvalue weighted by molar-refractivity contribution is 14.1. The van der Waals surface area contributed by atoms with Crippen molar-refractivity contribution in [2.24, 2.45) is 13.0 Å². The fraction of sp³-hybridized carbons (Fsp3) is 0.360. The van der Waals surface area contributed by atoms with Crippen LogP contribution in [-0.2, 0) is 18.3 Å². The zero-order valence-corrected chi connectivity index (χ0v) is 21.6. The van der Waals surface area contributed by atoms with Crippen molar-refractivity contribution < 1.29 is 9.53 Å². The first-order chi connectivity index (χ1) is 15.3. The van der Waals surface area contributed by atoms with Gasteiger partial charge in [-0.2, -0.15) is 5.26 Å². The van der Waals surface area contributed by atoms with Gasteiger partial charge in [0.15, 0.2) is 3.79 Å². The second kappa shape index (κ2) is 9.62.